The highest BCUT2D eigenvalue weighted by Crippen LogP contribution is 2.37. The van der Waals surface area contributed by atoms with Gasteiger partial charge in [-0.25, -0.2) is 0 Å². The van der Waals surface area contributed by atoms with Gasteiger partial charge in [0, 0.05) is 45.2 Å². The number of hydrogen-bond acceptors (Lipinski definition) is 4. The number of ether oxygens (including phenoxy) is 2. The highest BCUT2D eigenvalue weighted by molar-refractivity contribution is 5.79. The van der Waals surface area contributed by atoms with Gasteiger partial charge in [-0.2, -0.15) is 0 Å². The second kappa shape index (κ2) is 6.63. The monoisotopic (exact) mass is 296 g/mol. The first-order valence-electron chi connectivity index (χ1n) is 8.26. The predicted octanol–water partition coefficient (Wildman–Crippen LogP) is 0.838. The molecule has 3 rings (SSSR count). The van der Waals surface area contributed by atoms with Crippen molar-refractivity contribution in [3.8, 4) is 0 Å². The Bertz CT molecular complexity index is 371. The first-order valence-corrected chi connectivity index (χ1v) is 8.26. The highest BCUT2D eigenvalue weighted by atomic mass is 16.5. The first-order chi connectivity index (χ1) is 10.2. The van der Waals surface area contributed by atoms with Crippen LogP contribution in [0.15, 0.2) is 0 Å². The van der Waals surface area contributed by atoms with E-state index in [1.54, 1.807) is 7.11 Å². The van der Waals surface area contributed by atoms with Gasteiger partial charge in [-0.1, -0.05) is 0 Å². The van der Waals surface area contributed by atoms with Crippen LogP contribution in [0.3, 0.4) is 0 Å². The lowest BCUT2D eigenvalue weighted by Crippen LogP contribution is -2.49. The van der Waals surface area contributed by atoms with Gasteiger partial charge in [0.1, 0.15) is 0 Å². The lowest BCUT2D eigenvalue weighted by Gasteiger charge is -2.40. The van der Waals surface area contributed by atoms with E-state index in [1.807, 2.05) is 11.9 Å². The SMILES string of the molecule is COC[C@@H]1CN(C)C(=O)[C@@H]2CCN(C3CCOC3)CC[C@H]12. The number of methoxy groups -OCH3 is 1. The minimum absolute atomic E-state index is 0.191. The van der Waals surface area contributed by atoms with E-state index in [1.165, 1.54) is 0 Å². The van der Waals surface area contributed by atoms with Gasteiger partial charge in [-0.15, -0.1) is 0 Å². The molecule has 1 unspecified atom stereocenters. The molecule has 0 aromatic rings. The molecule has 0 aromatic carbocycles. The Labute approximate surface area is 127 Å². The average Bonchev–Trinajstić information content (AvgIpc) is 2.91. The summed E-state index contributed by atoms with van der Waals surface area (Å²) in [4.78, 5) is 17.0. The molecule has 1 amide bonds. The number of amides is 1. The van der Waals surface area contributed by atoms with Crippen LogP contribution in [0.25, 0.3) is 0 Å². The standard InChI is InChI=1S/C16H28N2O3/c1-17-9-12(10-20-2)14-3-6-18(13-5-8-21-11-13)7-4-15(14)16(17)19/h12-15H,3-11H2,1-2H3/t12-,13?,14+,15+/m0/s1. The van der Waals surface area contributed by atoms with Crippen LogP contribution < -0.4 is 0 Å². The number of rotatable bonds is 3. The van der Waals surface area contributed by atoms with Crippen molar-refractivity contribution < 1.29 is 14.3 Å². The van der Waals surface area contributed by atoms with Crippen LogP contribution in [0.4, 0.5) is 0 Å². The first kappa shape index (κ1) is 15.3. The number of likely N-dealkylation sites (tertiary alicyclic amines) is 2. The molecule has 21 heavy (non-hydrogen) atoms. The van der Waals surface area contributed by atoms with Crippen molar-refractivity contribution >= 4 is 5.91 Å². The third-order valence-electron chi connectivity index (χ3n) is 5.60. The molecule has 4 atom stereocenters. The summed E-state index contributed by atoms with van der Waals surface area (Å²) < 4.78 is 10.9. The Balaban J connectivity index is 1.70. The summed E-state index contributed by atoms with van der Waals surface area (Å²) in [5.41, 5.74) is 0. The summed E-state index contributed by atoms with van der Waals surface area (Å²) in [6.45, 7) is 5.51. The van der Waals surface area contributed by atoms with E-state index in [0.29, 0.717) is 23.8 Å². The third-order valence-corrected chi connectivity index (χ3v) is 5.60. The van der Waals surface area contributed by atoms with Gasteiger partial charge in [0.25, 0.3) is 0 Å². The van der Waals surface area contributed by atoms with Crippen molar-refractivity contribution in [3.05, 3.63) is 0 Å². The molecule has 0 aliphatic carbocycles. The fourth-order valence-corrected chi connectivity index (χ4v) is 4.44. The van der Waals surface area contributed by atoms with Crippen molar-refractivity contribution in [1.29, 1.82) is 0 Å². The van der Waals surface area contributed by atoms with Gasteiger partial charge in [-0.05, 0) is 38.3 Å². The largest absolute Gasteiger partial charge is 0.384 e. The summed E-state index contributed by atoms with van der Waals surface area (Å²) in [5, 5.41) is 0. The molecule has 120 valence electrons. The van der Waals surface area contributed by atoms with Gasteiger partial charge in [-0.3, -0.25) is 9.69 Å². The van der Waals surface area contributed by atoms with Crippen molar-refractivity contribution in [2.45, 2.75) is 25.3 Å². The van der Waals surface area contributed by atoms with Gasteiger partial charge in [0.05, 0.1) is 13.2 Å². The number of hydrogen-bond donors (Lipinski definition) is 0. The average molecular weight is 296 g/mol. The molecule has 0 spiro atoms. The van der Waals surface area contributed by atoms with Crippen molar-refractivity contribution in [3.63, 3.8) is 0 Å². The van der Waals surface area contributed by atoms with Crippen LogP contribution in [0.1, 0.15) is 19.3 Å². The maximum absolute atomic E-state index is 12.5. The minimum Gasteiger partial charge on any atom is -0.384 e. The molecule has 5 nitrogen and oxygen atoms in total. The number of carbonyl (C=O) groups is 1. The second-order valence-corrected chi connectivity index (χ2v) is 6.84. The Morgan fingerprint density at radius 1 is 1.29 bits per heavy atom. The summed E-state index contributed by atoms with van der Waals surface area (Å²) in [7, 11) is 3.71. The summed E-state index contributed by atoms with van der Waals surface area (Å²) in [6.07, 6.45) is 3.25. The lowest BCUT2D eigenvalue weighted by molar-refractivity contribution is -0.143. The molecule has 0 saturated carbocycles. The van der Waals surface area contributed by atoms with Gasteiger partial charge < -0.3 is 14.4 Å². The second-order valence-electron chi connectivity index (χ2n) is 6.84. The number of piperidine rings is 1. The van der Waals surface area contributed by atoms with Crippen molar-refractivity contribution in [1.82, 2.24) is 9.80 Å². The quantitative estimate of drug-likeness (QED) is 0.774. The molecular weight excluding hydrogens is 268 g/mol. The van der Waals surface area contributed by atoms with E-state index in [0.717, 1.165) is 58.7 Å². The predicted molar refractivity (Wildman–Crippen MR) is 80.0 cm³/mol. The third kappa shape index (κ3) is 3.10. The van der Waals surface area contributed by atoms with Crippen LogP contribution in [0, 0.1) is 17.8 Å². The summed E-state index contributed by atoms with van der Waals surface area (Å²) >= 11 is 0. The molecule has 3 fully saturated rings. The normalized spacial score (nSPS) is 38.4. The zero-order valence-electron chi connectivity index (χ0n) is 13.3. The topological polar surface area (TPSA) is 42.0 Å². The summed E-state index contributed by atoms with van der Waals surface area (Å²) in [5.74, 6) is 1.51. The van der Waals surface area contributed by atoms with Crippen molar-refractivity contribution in [2.75, 3.05) is 53.6 Å². The molecule has 3 saturated heterocycles. The molecule has 0 radical (unpaired) electrons. The van der Waals surface area contributed by atoms with E-state index in [-0.39, 0.29) is 5.92 Å². The van der Waals surface area contributed by atoms with Crippen LogP contribution in [-0.4, -0.2) is 75.4 Å². The Morgan fingerprint density at radius 2 is 2.10 bits per heavy atom. The summed E-state index contributed by atoms with van der Waals surface area (Å²) in [6, 6.07) is 0.568. The number of carbonyl (C=O) groups excluding carboxylic acids is 1. The van der Waals surface area contributed by atoms with Crippen LogP contribution in [0.2, 0.25) is 0 Å². The van der Waals surface area contributed by atoms with E-state index >= 15 is 0 Å². The van der Waals surface area contributed by atoms with Gasteiger partial charge >= 0.3 is 0 Å². The smallest absolute Gasteiger partial charge is 0.225 e. The zero-order chi connectivity index (χ0) is 14.8. The number of nitrogens with zero attached hydrogens (tertiary/aromatic N) is 2. The molecular formula is C16H28N2O3. The van der Waals surface area contributed by atoms with Crippen LogP contribution >= 0.6 is 0 Å². The Hall–Kier alpha value is -0.650. The van der Waals surface area contributed by atoms with Gasteiger partial charge in [0.15, 0.2) is 0 Å². The maximum Gasteiger partial charge on any atom is 0.225 e. The minimum atomic E-state index is 0.191. The highest BCUT2D eigenvalue weighted by Gasteiger charge is 2.43. The van der Waals surface area contributed by atoms with Gasteiger partial charge in [0.2, 0.25) is 5.91 Å². The molecule has 0 aromatic heterocycles. The molecule has 3 aliphatic rings. The number of fused-ring (bicyclic) bond motifs is 1. The molecule has 0 N–H and O–H groups in total. The molecule has 5 heteroatoms. The Kier molecular flexibility index (Phi) is 4.82. The molecule has 3 heterocycles. The fraction of sp³-hybridized carbons (Fsp3) is 0.938. The van der Waals surface area contributed by atoms with E-state index in [4.69, 9.17) is 9.47 Å². The van der Waals surface area contributed by atoms with E-state index in [2.05, 4.69) is 4.90 Å². The van der Waals surface area contributed by atoms with E-state index in [9.17, 15) is 4.79 Å². The fourth-order valence-electron chi connectivity index (χ4n) is 4.44. The molecule has 3 aliphatic heterocycles. The van der Waals surface area contributed by atoms with Crippen molar-refractivity contribution in [2.24, 2.45) is 17.8 Å². The lowest BCUT2D eigenvalue weighted by atomic mass is 9.75. The van der Waals surface area contributed by atoms with Crippen LogP contribution in [0.5, 0.6) is 0 Å². The molecule has 0 bridgehead atoms. The Morgan fingerprint density at radius 3 is 2.81 bits per heavy atom. The van der Waals surface area contributed by atoms with E-state index < -0.39 is 0 Å². The van der Waals surface area contributed by atoms with Crippen LogP contribution in [-0.2, 0) is 14.3 Å². The maximum atomic E-state index is 12.5. The zero-order valence-corrected chi connectivity index (χ0v) is 13.3.